The van der Waals surface area contributed by atoms with Gasteiger partial charge in [0.05, 0.1) is 13.7 Å². The van der Waals surface area contributed by atoms with Crippen molar-refractivity contribution >= 4 is 23.5 Å². The average molecular weight is 337 g/mol. The normalized spacial score (nSPS) is 14.9. The first-order valence-electron chi connectivity index (χ1n) is 8.11. The molecule has 1 N–H and O–H groups in total. The summed E-state index contributed by atoms with van der Waals surface area (Å²) in [4.78, 5) is 24.2. The first-order valence-corrected chi connectivity index (χ1v) is 8.11. The molecule has 1 aliphatic heterocycles. The van der Waals surface area contributed by atoms with Gasteiger partial charge < -0.3 is 9.47 Å². The van der Waals surface area contributed by atoms with Crippen molar-refractivity contribution in [3.8, 4) is 11.5 Å². The second-order valence-corrected chi connectivity index (χ2v) is 5.65. The molecule has 0 saturated carbocycles. The molecule has 5 nitrogen and oxygen atoms in total. The van der Waals surface area contributed by atoms with E-state index in [1.165, 1.54) is 0 Å². The van der Waals surface area contributed by atoms with Gasteiger partial charge in [0.2, 0.25) is 0 Å². The lowest BCUT2D eigenvalue weighted by Crippen LogP contribution is -2.36. The van der Waals surface area contributed by atoms with E-state index in [9.17, 15) is 9.59 Å². The maximum atomic E-state index is 12.3. The van der Waals surface area contributed by atoms with Gasteiger partial charge in [-0.1, -0.05) is 31.2 Å². The van der Waals surface area contributed by atoms with Crippen LogP contribution in [0.1, 0.15) is 34.8 Å². The lowest BCUT2D eigenvalue weighted by atomic mass is 9.93. The molecule has 0 aliphatic carbocycles. The van der Waals surface area contributed by atoms with Crippen molar-refractivity contribution < 1.29 is 19.1 Å². The van der Waals surface area contributed by atoms with Gasteiger partial charge >= 0.3 is 0 Å². The number of rotatable bonds is 5. The molecule has 0 radical (unpaired) electrons. The zero-order valence-electron chi connectivity index (χ0n) is 14.2. The Hall–Kier alpha value is -3.08. The lowest BCUT2D eigenvalue weighted by Gasteiger charge is -2.18. The molecule has 1 heterocycles. The van der Waals surface area contributed by atoms with Crippen molar-refractivity contribution in [1.29, 1.82) is 0 Å². The molecule has 0 unspecified atom stereocenters. The standard InChI is InChI=1S/C20H19NO4/c1-3-10-25-17-9-8-13(12-18(17)24-2)11-16-14-6-4-5-7-15(14)19(22)21-20(16)23/h4-9,11-12H,3,10H2,1-2H3,(H,21,22,23)/b16-11+. The Labute approximate surface area is 146 Å². The number of hydrogen-bond acceptors (Lipinski definition) is 4. The van der Waals surface area contributed by atoms with Crippen LogP contribution in [0, 0.1) is 0 Å². The summed E-state index contributed by atoms with van der Waals surface area (Å²) in [6, 6.07) is 12.5. The van der Waals surface area contributed by atoms with Gasteiger partial charge in [0.15, 0.2) is 11.5 Å². The molecule has 1 aliphatic rings. The number of amides is 2. The zero-order valence-corrected chi connectivity index (χ0v) is 14.2. The summed E-state index contributed by atoms with van der Waals surface area (Å²) < 4.78 is 11.0. The van der Waals surface area contributed by atoms with E-state index >= 15 is 0 Å². The number of carbonyl (C=O) groups is 2. The molecule has 5 heteroatoms. The molecule has 3 rings (SSSR count). The van der Waals surface area contributed by atoms with Gasteiger partial charge in [0.25, 0.3) is 11.8 Å². The summed E-state index contributed by atoms with van der Waals surface area (Å²) in [6.45, 7) is 2.64. The summed E-state index contributed by atoms with van der Waals surface area (Å²) >= 11 is 0. The molecule has 25 heavy (non-hydrogen) atoms. The molecule has 0 aromatic heterocycles. The quantitative estimate of drug-likeness (QED) is 0.672. The fraction of sp³-hybridized carbons (Fsp3) is 0.200. The number of methoxy groups -OCH3 is 1. The molecule has 0 bridgehead atoms. The predicted molar refractivity (Wildman–Crippen MR) is 95.6 cm³/mol. The van der Waals surface area contributed by atoms with Crippen LogP contribution >= 0.6 is 0 Å². The smallest absolute Gasteiger partial charge is 0.258 e. The van der Waals surface area contributed by atoms with Crippen LogP contribution in [0.25, 0.3) is 11.6 Å². The Kier molecular flexibility index (Phi) is 4.84. The van der Waals surface area contributed by atoms with E-state index in [2.05, 4.69) is 5.32 Å². The van der Waals surface area contributed by atoms with Crippen LogP contribution in [0.4, 0.5) is 0 Å². The van der Waals surface area contributed by atoms with Crippen molar-refractivity contribution in [2.24, 2.45) is 0 Å². The fourth-order valence-electron chi connectivity index (χ4n) is 2.69. The van der Waals surface area contributed by atoms with Gasteiger partial charge in [0, 0.05) is 11.1 Å². The second kappa shape index (κ2) is 7.21. The summed E-state index contributed by atoms with van der Waals surface area (Å²) in [5.41, 5.74) is 2.35. The van der Waals surface area contributed by atoms with Crippen molar-refractivity contribution in [3.63, 3.8) is 0 Å². The van der Waals surface area contributed by atoms with E-state index in [0.717, 1.165) is 12.0 Å². The van der Waals surface area contributed by atoms with E-state index < -0.39 is 5.91 Å². The highest BCUT2D eigenvalue weighted by Crippen LogP contribution is 2.31. The number of nitrogens with one attached hydrogen (secondary N) is 1. The van der Waals surface area contributed by atoms with Crippen LogP contribution in [0.2, 0.25) is 0 Å². The third-order valence-electron chi connectivity index (χ3n) is 3.89. The van der Waals surface area contributed by atoms with E-state index in [1.54, 1.807) is 37.5 Å². The number of carbonyl (C=O) groups excluding carboxylic acids is 2. The molecule has 2 amide bonds. The molecular formula is C20H19NO4. The summed E-state index contributed by atoms with van der Waals surface area (Å²) in [5, 5.41) is 2.37. The molecule has 0 saturated heterocycles. The summed E-state index contributed by atoms with van der Waals surface area (Å²) in [6.07, 6.45) is 2.65. The SMILES string of the molecule is CCCOc1ccc(/C=C2/C(=O)NC(=O)c3ccccc32)cc1OC. The highest BCUT2D eigenvalue weighted by atomic mass is 16.5. The first-order chi connectivity index (χ1) is 12.1. The van der Waals surface area contributed by atoms with Crippen molar-refractivity contribution in [1.82, 2.24) is 5.32 Å². The van der Waals surface area contributed by atoms with Crippen molar-refractivity contribution in [3.05, 3.63) is 59.2 Å². The van der Waals surface area contributed by atoms with E-state index in [1.807, 2.05) is 25.1 Å². The number of ether oxygens (including phenoxy) is 2. The topological polar surface area (TPSA) is 64.6 Å². The van der Waals surface area contributed by atoms with Gasteiger partial charge in [-0.3, -0.25) is 14.9 Å². The number of imide groups is 1. The van der Waals surface area contributed by atoms with Crippen LogP contribution in [0.3, 0.4) is 0 Å². The predicted octanol–water partition coefficient (Wildman–Crippen LogP) is 3.29. The van der Waals surface area contributed by atoms with Crippen LogP contribution in [-0.4, -0.2) is 25.5 Å². The zero-order chi connectivity index (χ0) is 17.8. The maximum absolute atomic E-state index is 12.3. The lowest BCUT2D eigenvalue weighted by molar-refractivity contribution is -0.114. The molecular weight excluding hydrogens is 318 g/mol. The number of hydrogen-bond donors (Lipinski definition) is 1. The van der Waals surface area contributed by atoms with E-state index in [4.69, 9.17) is 9.47 Å². The highest BCUT2D eigenvalue weighted by Gasteiger charge is 2.26. The molecule has 0 fully saturated rings. The van der Waals surface area contributed by atoms with E-state index in [0.29, 0.717) is 34.8 Å². The molecule has 2 aromatic carbocycles. The molecule has 2 aromatic rings. The molecule has 0 atom stereocenters. The van der Waals surface area contributed by atoms with Gasteiger partial charge in [-0.2, -0.15) is 0 Å². The minimum Gasteiger partial charge on any atom is -0.493 e. The Balaban J connectivity index is 2.01. The largest absolute Gasteiger partial charge is 0.493 e. The third-order valence-corrected chi connectivity index (χ3v) is 3.89. The minimum absolute atomic E-state index is 0.376. The highest BCUT2D eigenvalue weighted by molar-refractivity contribution is 6.33. The van der Waals surface area contributed by atoms with Gasteiger partial charge in [-0.25, -0.2) is 0 Å². The number of fused-ring (bicyclic) bond motifs is 1. The molecule has 0 spiro atoms. The molecule has 128 valence electrons. The Morgan fingerprint density at radius 2 is 1.76 bits per heavy atom. The van der Waals surface area contributed by atoms with Crippen molar-refractivity contribution in [2.45, 2.75) is 13.3 Å². The van der Waals surface area contributed by atoms with Gasteiger partial charge in [-0.05, 0) is 41.8 Å². The Bertz CT molecular complexity index is 855. The van der Waals surface area contributed by atoms with Crippen LogP contribution in [0.15, 0.2) is 42.5 Å². The average Bonchev–Trinajstić information content (AvgIpc) is 2.63. The summed E-state index contributed by atoms with van der Waals surface area (Å²) in [7, 11) is 1.58. The Morgan fingerprint density at radius 3 is 2.48 bits per heavy atom. The van der Waals surface area contributed by atoms with Gasteiger partial charge in [-0.15, -0.1) is 0 Å². The summed E-state index contributed by atoms with van der Waals surface area (Å²) in [5.74, 6) is 0.478. The van der Waals surface area contributed by atoms with Crippen LogP contribution < -0.4 is 14.8 Å². The maximum Gasteiger partial charge on any atom is 0.258 e. The monoisotopic (exact) mass is 337 g/mol. The number of benzene rings is 2. The van der Waals surface area contributed by atoms with Crippen LogP contribution in [-0.2, 0) is 4.79 Å². The van der Waals surface area contributed by atoms with E-state index in [-0.39, 0.29) is 5.91 Å². The minimum atomic E-state index is -0.408. The Morgan fingerprint density at radius 1 is 1.00 bits per heavy atom. The fourth-order valence-corrected chi connectivity index (χ4v) is 2.69. The van der Waals surface area contributed by atoms with Crippen molar-refractivity contribution in [2.75, 3.05) is 13.7 Å². The third kappa shape index (κ3) is 3.40. The first kappa shape index (κ1) is 16.8. The van der Waals surface area contributed by atoms with Crippen LogP contribution in [0.5, 0.6) is 11.5 Å². The second-order valence-electron chi connectivity index (χ2n) is 5.65. The van der Waals surface area contributed by atoms with Gasteiger partial charge in [0.1, 0.15) is 0 Å².